The van der Waals surface area contributed by atoms with Crippen LogP contribution < -0.4 is 10.2 Å². The zero-order valence-electron chi connectivity index (χ0n) is 17.3. The lowest BCUT2D eigenvalue weighted by atomic mass is 9.76. The topological polar surface area (TPSA) is 55.9 Å². The minimum absolute atomic E-state index is 0.0405. The van der Waals surface area contributed by atoms with Gasteiger partial charge < -0.3 is 15.1 Å². The van der Waals surface area contributed by atoms with Crippen LogP contribution in [0.5, 0.6) is 0 Å². The first-order valence-electron chi connectivity index (χ1n) is 10.9. The van der Waals surface area contributed by atoms with Gasteiger partial charge in [0.25, 0.3) is 0 Å². The summed E-state index contributed by atoms with van der Waals surface area (Å²) in [7, 11) is 0. The van der Waals surface area contributed by atoms with Crippen LogP contribution in [0.3, 0.4) is 0 Å². The molecular weight excluding hydrogens is 403 g/mol. The summed E-state index contributed by atoms with van der Waals surface area (Å²) in [6, 6.07) is 6.46. The Kier molecular flexibility index (Phi) is 6.22. The van der Waals surface area contributed by atoms with E-state index in [1.165, 1.54) is 12.1 Å². The Labute approximate surface area is 182 Å². The fourth-order valence-electron chi connectivity index (χ4n) is 4.92. The Balaban J connectivity index is 1.33. The normalized spacial score (nSPS) is 27.0. The third-order valence-corrected chi connectivity index (χ3v) is 6.91. The Hall–Kier alpha value is -2.22. The average molecular weight is 433 g/mol. The maximum Gasteiger partial charge on any atom is 0.233 e. The van der Waals surface area contributed by atoms with Gasteiger partial charge in [-0.15, -0.1) is 0 Å². The summed E-state index contributed by atoms with van der Waals surface area (Å²) in [5.41, 5.74) is 0.985. The number of halogens is 1. The second-order valence-electron chi connectivity index (χ2n) is 8.45. The fourth-order valence-corrected chi connectivity index (χ4v) is 5.25. The molecule has 6 nitrogen and oxygen atoms in total. The SMILES string of the molecule is CCCN1C(=O)C2CCC(C(=O)N3CCN(c4ccc(F)cc4)CC3)CC2NC1=S. The Morgan fingerprint density at radius 3 is 2.53 bits per heavy atom. The van der Waals surface area contributed by atoms with Crippen LogP contribution in [-0.2, 0) is 9.59 Å². The second kappa shape index (κ2) is 8.88. The summed E-state index contributed by atoms with van der Waals surface area (Å²) >= 11 is 5.40. The summed E-state index contributed by atoms with van der Waals surface area (Å²) in [4.78, 5) is 31.8. The first kappa shape index (κ1) is 21.0. The maximum absolute atomic E-state index is 13.1. The zero-order valence-corrected chi connectivity index (χ0v) is 18.2. The molecule has 1 saturated carbocycles. The van der Waals surface area contributed by atoms with Gasteiger partial charge in [0.15, 0.2) is 5.11 Å². The van der Waals surface area contributed by atoms with Gasteiger partial charge in [-0.2, -0.15) is 0 Å². The van der Waals surface area contributed by atoms with Crippen LogP contribution in [-0.4, -0.2) is 65.5 Å². The molecule has 30 heavy (non-hydrogen) atoms. The molecule has 0 spiro atoms. The van der Waals surface area contributed by atoms with Crippen LogP contribution >= 0.6 is 12.2 Å². The number of carbonyl (C=O) groups excluding carboxylic acids is 2. The van der Waals surface area contributed by atoms with Crippen molar-refractivity contribution in [3.05, 3.63) is 30.1 Å². The number of anilines is 1. The van der Waals surface area contributed by atoms with Crippen molar-refractivity contribution in [1.82, 2.24) is 15.1 Å². The lowest BCUT2D eigenvalue weighted by Crippen LogP contribution is -2.62. The Bertz CT molecular complexity index is 810. The summed E-state index contributed by atoms with van der Waals surface area (Å²) in [6.07, 6.45) is 3.01. The second-order valence-corrected chi connectivity index (χ2v) is 8.84. The molecule has 0 aromatic heterocycles. The molecular formula is C22H29FN4O2S. The number of hydrogen-bond acceptors (Lipinski definition) is 4. The van der Waals surface area contributed by atoms with E-state index in [2.05, 4.69) is 10.2 Å². The van der Waals surface area contributed by atoms with Crippen LogP contribution in [0.25, 0.3) is 0 Å². The molecule has 1 aromatic rings. The van der Waals surface area contributed by atoms with Gasteiger partial charge in [0, 0.05) is 50.4 Å². The predicted octanol–water partition coefficient (Wildman–Crippen LogP) is 2.39. The average Bonchev–Trinajstić information content (AvgIpc) is 2.76. The predicted molar refractivity (Wildman–Crippen MR) is 118 cm³/mol. The number of carbonyl (C=O) groups is 2. The lowest BCUT2D eigenvalue weighted by Gasteiger charge is -2.45. The molecule has 1 aliphatic carbocycles. The molecule has 162 valence electrons. The van der Waals surface area contributed by atoms with E-state index in [-0.39, 0.29) is 35.5 Å². The number of thiocarbonyl (C=S) groups is 1. The largest absolute Gasteiger partial charge is 0.368 e. The third kappa shape index (κ3) is 4.15. The molecule has 2 saturated heterocycles. The van der Waals surface area contributed by atoms with Gasteiger partial charge in [0.05, 0.1) is 5.92 Å². The highest BCUT2D eigenvalue weighted by Crippen LogP contribution is 2.34. The van der Waals surface area contributed by atoms with Crippen LogP contribution in [0.15, 0.2) is 24.3 Å². The minimum atomic E-state index is -0.240. The molecule has 3 fully saturated rings. The number of rotatable bonds is 4. The number of fused-ring (bicyclic) bond motifs is 1. The summed E-state index contributed by atoms with van der Waals surface area (Å²) in [5.74, 6) is -0.0879. The van der Waals surface area contributed by atoms with Crippen LogP contribution in [0.4, 0.5) is 10.1 Å². The van der Waals surface area contributed by atoms with Crippen molar-refractivity contribution in [1.29, 1.82) is 0 Å². The molecule has 2 aliphatic heterocycles. The summed E-state index contributed by atoms with van der Waals surface area (Å²) in [5, 5.41) is 3.84. The van der Waals surface area contributed by atoms with E-state index in [0.29, 0.717) is 31.2 Å². The van der Waals surface area contributed by atoms with Gasteiger partial charge in [0.1, 0.15) is 5.82 Å². The quantitative estimate of drug-likeness (QED) is 0.741. The molecule has 8 heteroatoms. The van der Waals surface area contributed by atoms with Gasteiger partial charge in [-0.25, -0.2) is 4.39 Å². The van der Waals surface area contributed by atoms with E-state index in [1.54, 1.807) is 17.0 Å². The first-order valence-corrected chi connectivity index (χ1v) is 11.3. The van der Waals surface area contributed by atoms with Gasteiger partial charge in [-0.05, 0) is 62.2 Å². The van der Waals surface area contributed by atoms with E-state index >= 15 is 0 Å². The maximum atomic E-state index is 13.1. The van der Waals surface area contributed by atoms with Crippen molar-refractivity contribution in [2.75, 3.05) is 37.6 Å². The smallest absolute Gasteiger partial charge is 0.233 e. The number of hydrogen-bond donors (Lipinski definition) is 1. The van der Waals surface area contributed by atoms with E-state index in [4.69, 9.17) is 12.2 Å². The fraction of sp³-hybridized carbons (Fsp3) is 0.591. The van der Waals surface area contributed by atoms with E-state index in [1.807, 2.05) is 11.8 Å². The summed E-state index contributed by atoms with van der Waals surface area (Å²) in [6.45, 7) is 5.49. The van der Waals surface area contributed by atoms with Crippen molar-refractivity contribution in [3.63, 3.8) is 0 Å². The van der Waals surface area contributed by atoms with Gasteiger partial charge >= 0.3 is 0 Å². The number of piperazine rings is 1. The highest BCUT2D eigenvalue weighted by atomic mass is 32.1. The minimum Gasteiger partial charge on any atom is -0.368 e. The Morgan fingerprint density at radius 1 is 1.17 bits per heavy atom. The highest BCUT2D eigenvalue weighted by molar-refractivity contribution is 7.80. The van der Waals surface area contributed by atoms with Crippen molar-refractivity contribution in [3.8, 4) is 0 Å². The molecule has 1 aromatic carbocycles. The lowest BCUT2D eigenvalue weighted by molar-refractivity contribution is -0.142. The van der Waals surface area contributed by atoms with Crippen LogP contribution in [0.1, 0.15) is 32.6 Å². The third-order valence-electron chi connectivity index (χ3n) is 6.57. The first-order chi connectivity index (χ1) is 14.5. The molecule has 0 radical (unpaired) electrons. The number of benzene rings is 1. The van der Waals surface area contributed by atoms with Gasteiger partial charge in [0.2, 0.25) is 11.8 Å². The van der Waals surface area contributed by atoms with Crippen molar-refractivity contribution < 1.29 is 14.0 Å². The summed E-state index contributed by atoms with van der Waals surface area (Å²) < 4.78 is 13.1. The number of amides is 2. The zero-order chi connectivity index (χ0) is 21.3. The van der Waals surface area contributed by atoms with Crippen LogP contribution in [0.2, 0.25) is 0 Å². The van der Waals surface area contributed by atoms with Crippen LogP contribution in [0, 0.1) is 17.7 Å². The van der Waals surface area contributed by atoms with Gasteiger partial charge in [-0.1, -0.05) is 6.92 Å². The molecule has 1 N–H and O–H groups in total. The number of nitrogens with one attached hydrogen (secondary N) is 1. The van der Waals surface area contributed by atoms with Crippen molar-refractivity contribution >= 4 is 34.8 Å². The van der Waals surface area contributed by atoms with Crippen molar-refractivity contribution in [2.45, 2.75) is 38.6 Å². The molecule has 3 aliphatic rings. The molecule has 3 unspecified atom stereocenters. The molecule has 4 rings (SSSR count). The van der Waals surface area contributed by atoms with E-state index in [9.17, 15) is 14.0 Å². The standard InChI is InChI=1S/C22H29FN4O2S/c1-2-9-27-21(29)18-8-3-15(14-19(18)24-22(27)30)20(28)26-12-10-25(11-13-26)17-6-4-16(23)5-7-17/h4-7,15,18-19H,2-3,8-14H2,1H3,(H,24,30). The number of nitrogens with zero attached hydrogens (tertiary/aromatic N) is 3. The monoisotopic (exact) mass is 432 g/mol. The molecule has 2 amide bonds. The Morgan fingerprint density at radius 2 is 1.87 bits per heavy atom. The van der Waals surface area contributed by atoms with E-state index < -0.39 is 0 Å². The molecule has 2 heterocycles. The molecule has 3 atom stereocenters. The van der Waals surface area contributed by atoms with Gasteiger partial charge in [-0.3, -0.25) is 14.5 Å². The van der Waals surface area contributed by atoms with Crippen molar-refractivity contribution in [2.24, 2.45) is 11.8 Å². The molecule has 0 bridgehead atoms. The highest BCUT2D eigenvalue weighted by Gasteiger charge is 2.44. The van der Waals surface area contributed by atoms with E-state index in [0.717, 1.165) is 38.0 Å².